The normalized spacial score (nSPS) is 32.9. The summed E-state index contributed by atoms with van der Waals surface area (Å²) in [7, 11) is 0. The highest BCUT2D eigenvalue weighted by atomic mass is 16.8. The van der Waals surface area contributed by atoms with E-state index in [1.54, 1.807) is 34.6 Å². The van der Waals surface area contributed by atoms with Gasteiger partial charge in [0.1, 0.15) is 23.9 Å². The van der Waals surface area contributed by atoms with E-state index in [9.17, 15) is 15.0 Å². The molecule has 0 saturated carbocycles. The van der Waals surface area contributed by atoms with Crippen molar-refractivity contribution in [3.8, 4) is 0 Å². The van der Waals surface area contributed by atoms with Crippen molar-refractivity contribution in [2.75, 3.05) is 13.2 Å². The predicted octanol–water partition coefficient (Wildman–Crippen LogP) is 0.479. The summed E-state index contributed by atoms with van der Waals surface area (Å²) in [6, 6.07) is -0.684. The van der Waals surface area contributed by atoms with Crippen molar-refractivity contribution in [2.45, 2.75) is 70.4 Å². The number of carbonyl (C=O) groups excluding carboxylic acids is 1. The predicted molar refractivity (Wildman–Crippen MR) is 73.6 cm³/mol. The number of carbonyl (C=O) groups is 1. The second-order valence-electron chi connectivity index (χ2n) is 7.01. The number of hydrogen-bond donors (Lipinski definition) is 2. The van der Waals surface area contributed by atoms with Gasteiger partial charge in [-0.25, -0.2) is 4.79 Å². The Hall–Kier alpha value is -0.890. The molecular weight excluding hydrogens is 278 g/mol. The quantitative estimate of drug-likeness (QED) is 0.771. The van der Waals surface area contributed by atoms with Crippen molar-refractivity contribution in [2.24, 2.45) is 0 Å². The van der Waals surface area contributed by atoms with Gasteiger partial charge in [-0.1, -0.05) is 0 Å². The second kappa shape index (κ2) is 5.39. The maximum atomic E-state index is 12.3. The van der Waals surface area contributed by atoms with Gasteiger partial charge < -0.3 is 24.4 Å². The van der Waals surface area contributed by atoms with Crippen LogP contribution in [0.25, 0.3) is 0 Å². The summed E-state index contributed by atoms with van der Waals surface area (Å²) < 4.78 is 16.9. The average molecular weight is 303 g/mol. The van der Waals surface area contributed by atoms with E-state index >= 15 is 0 Å². The Kier molecular flexibility index (Phi) is 4.23. The van der Waals surface area contributed by atoms with Gasteiger partial charge >= 0.3 is 6.09 Å². The van der Waals surface area contributed by atoms with E-state index < -0.39 is 42.3 Å². The number of aliphatic hydroxyl groups is 2. The van der Waals surface area contributed by atoms with E-state index in [2.05, 4.69) is 0 Å². The highest BCUT2D eigenvalue weighted by molar-refractivity contribution is 5.69. The zero-order valence-electron chi connectivity index (χ0n) is 13.2. The molecule has 7 nitrogen and oxygen atoms in total. The molecular formula is C14H25NO6. The van der Waals surface area contributed by atoms with Crippen molar-refractivity contribution in [3.63, 3.8) is 0 Å². The van der Waals surface area contributed by atoms with E-state index in [0.29, 0.717) is 0 Å². The Morgan fingerprint density at radius 2 is 2.05 bits per heavy atom. The first-order chi connectivity index (χ1) is 9.54. The summed E-state index contributed by atoms with van der Waals surface area (Å²) in [6.45, 7) is 8.69. The second-order valence-corrected chi connectivity index (χ2v) is 7.01. The lowest BCUT2D eigenvalue weighted by Gasteiger charge is -2.33. The molecule has 0 unspecified atom stereocenters. The molecule has 0 aromatic carbocycles. The first-order valence-corrected chi connectivity index (χ1v) is 7.18. The molecule has 2 aliphatic heterocycles. The molecule has 2 fully saturated rings. The maximum Gasteiger partial charge on any atom is 0.410 e. The van der Waals surface area contributed by atoms with Crippen LogP contribution in [0.15, 0.2) is 0 Å². The minimum Gasteiger partial charge on any atom is -0.444 e. The maximum absolute atomic E-state index is 12.3. The largest absolute Gasteiger partial charge is 0.444 e. The average Bonchev–Trinajstić information content (AvgIpc) is 2.77. The fourth-order valence-corrected chi connectivity index (χ4v) is 2.84. The Balaban J connectivity index is 2.17. The molecule has 2 saturated heterocycles. The van der Waals surface area contributed by atoms with Crippen LogP contribution in [0.1, 0.15) is 34.6 Å². The van der Waals surface area contributed by atoms with E-state index in [-0.39, 0.29) is 12.6 Å². The fourth-order valence-electron chi connectivity index (χ4n) is 2.84. The molecule has 0 spiro atoms. The lowest BCUT2D eigenvalue weighted by Crippen LogP contribution is -2.51. The molecule has 0 radical (unpaired) electrons. The first kappa shape index (κ1) is 16.5. The van der Waals surface area contributed by atoms with E-state index in [4.69, 9.17) is 14.2 Å². The van der Waals surface area contributed by atoms with Gasteiger partial charge in [0.25, 0.3) is 0 Å². The van der Waals surface area contributed by atoms with Gasteiger partial charge in [0.05, 0.1) is 19.2 Å². The van der Waals surface area contributed by atoms with E-state index in [1.807, 2.05) is 0 Å². The van der Waals surface area contributed by atoms with Crippen molar-refractivity contribution in [1.29, 1.82) is 0 Å². The molecule has 122 valence electrons. The fraction of sp³-hybridized carbons (Fsp3) is 0.929. The Bertz CT molecular complexity index is 405. The van der Waals surface area contributed by atoms with Crippen molar-refractivity contribution >= 4 is 6.09 Å². The van der Waals surface area contributed by atoms with Crippen LogP contribution in [-0.4, -0.2) is 70.1 Å². The smallest absolute Gasteiger partial charge is 0.410 e. The van der Waals surface area contributed by atoms with Crippen molar-refractivity contribution in [1.82, 2.24) is 4.90 Å². The Morgan fingerprint density at radius 1 is 1.43 bits per heavy atom. The third-order valence-corrected chi connectivity index (χ3v) is 3.50. The number of amides is 1. The number of rotatable bonds is 2. The summed E-state index contributed by atoms with van der Waals surface area (Å²) in [5, 5.41) is 19.3. The molecule has 4 atom stereocenters. The van der Waals surface area contributed by atoms with E-state index in [0.717, 1.165) is 0 Å². The molecule has 0 aromatic rings. The molecule has 2 rings (SSSR count). The zero-order valence-corrected chi connectivity index (χ0v) is 13.2. The lowest BCUT2D eigenvalue weighted by atomic mass is 10.1. The number of likely N-dealkylation sites (tertiary alicyclic amines) is 1. The highest BCUT2D eigenvalue weighted by Crippen LogP contribution is 2.38. The van der Waals surface area contributed by atoms with Gasteiger partial charge in [-0.05, 0) is 34.6 Å². The molecule has 0 aliphatic carbocycles. The molecule has 0 bridgehead atoms. The summed E-state index contributed by atoms with van der Waals surface area (Å²) in [6.07, 6.45) is -2.46. The molecule has 7 heteroatoms. The third-order valence-electron chi connectivity index (χ3n) is 3.50. The van der Waals surface area contributed by atoms with Gasteiger partial charge in [0, 0.05) is 0 Å². The minimum atomic E-state index is -1.11. The van der Waals surface area contributed by atoms with Gasteiger partial charge in [0.15, 0.2) is 5.79 Å². The molecule has 0 aromatic heterocycles. The van der Waals surface area contributed by atoms with Crippen LogP contribution >= 0.6 is 0 Å². The van der Waals surface area contributed by atoms with Crippen LogP contribution in [0.3, 0.4) is 0 Å². The monoisotopic (exact) mass is 303 g/mol. The summed E-state index contributed by atoms with van der Waals surface area (Å²) in [5.74, 6) is -0.761. The lowest BCUT2D eigenvalue weighted by molar-refractivity contribution is -0.167. The summed E-state index contributed by atoms with van der Waals surface area (Å²) in [4.78, 5) is 13.7. The number of fused-ring (bicyclic) bond motifs is 1. The number of nitrogens with zero attached hydrogens (tertiary/aromatic N) is 1. The highest BCUT2D eigenvalue weighted by Gasteiger charge is 2.56. The SMILES string of the molecule is CC(C)(C)OC(=O)N1C[C@@H]2OC(C)(C)O[C@@H]2[C@H]1[C@H](O)CO. The molecule has 2 N–H and O–H groups in total. The van der Waals surface area contributed by atoms with Crippen LogP contribution in [0.5, 0.6) is 0 Å². The van der Waals surface area contributed by atoms with Crippen LogP contribution < -0.4 is 0 Å². The molecule has 2 aliphatic rings. The van der Waals surface area contributed by atoms with Gasteiger partial charge in [0.2, 0.25) is 0 Å². The third kappa shape index (κ3) is 3.48. The van der Waals surface area contributed by atoms with Crippen LogP contribution in [0.2, 0.25) is 0 Å². The topological polar surface area (TPSA) is 88.5 Å². The zero-order chi connectivity index (χ0) is 16.0. The van der Waals surface area contributed by atoms with Gasteiger partial charge in [-0.2, -0.15) is 0 Å². The molecule has 1 amide bonds. The van der Waals surface area contributed by atoms with Crippen LogP contribution in [0.4, 0.5) is 4.79 Å². The Morgan fingerprint density at radius 3 is 2.57 bits per heavy atom. The molecule has 21 heavy (non-hydrogen) atoms. The summed E-state index contributed by atoms with van der Waals surface area (Å²) >= 11 is 0. The first-order valence-electron chi connectivity index (χ1n) is 7.18. The van der Waals surface area contributed by atoms with Crippen molar-refractivity contribution in [3.05, 3.63) is 0 Å². The van der Waals surface area contributed by atoms with E-state index in [1.165, 1.54) is 4.90 Å². The van der Waals surface area contributed by atoms with Crippen LogP contribution in [0, 0.1) is 0 Å². The van der Waals surface area contributed by atoms with Crippen LogP contribution in [-0.2, 0) is 14.2 Å². The van der Waals surface area contributed by atoms with Gasteiger partial charge in [-0.15, -0.1) is 0 Å². The summed E-state index contributed by atoms with van der Waals surface area (Å²) in [5.41, 5.74) is -0.634. The van der Waals surface area contributed by atoms with Gasteiger partial charge in [-0.3, -0.25) is 4.90 Å². The van der Waals surface area contributed by atoms with Crippen molar-refractivity contribution < 1.29 is 29.2 Å². The number of ether oxygens (including phenoxy) is 3. The molecule has 2 heterocycles. The number of hydrogen-bond acceptors (Lipinski definition) is 6. The standard InChI is InChI=1S/C14H25NO6/c1-13(2,3)21-12(18)15-6-9-11(10(15)8(17)7-16)20-14(4,5)19-9/h8-11,16-17H,6-7H2,1-5H3/t8-,9+,10-,11+/m1/s1. The Labute approximate surface area is 124 Å². The number of aliphatic hydroxyl groups excluding tert-OH is 2. The minimum absolute atomic E-state index is 0.269.